The van der Waals surface area contributed by atoms with Crippen LogP contribution in [0.25, 0.3) is 0 Å². The molecule has 1 atom stereocenters. The van der Waals surface area contributed by atoms with Gasteiger partial charge in [0.25, 0.3) is 0 Å². The van der Waals surface area contributed by atoms with E-state index in [1.54, 1.807) is 24.4 Å². The molecule has 0 aliphatic carbocycles. The number of nitrogens with zero attached hydrogens (tertiary/aromatic N) is 2. The Hall–Kier alpha value is -2.01. The molecule has 1 unspecified atom stereocenters. The molecule has 19 heavy (non-hydrogen) atoms. The molecule has 6 heteroatoms. The molecule has 0 radical (unpaired) electrons. The van der Waals surface area contributed by atoms with Crippen LogP contribution < -0.4 is 11.1 Å². The molecule has 5 nitrogen and oxygen atoms in total. The summed E-state index contributed by atoms with van der Waals surface area (Å²) in [5.41, 5.74) is 6.48. The number of anilines is 1. The lowest BCUT2D eigenvalue weighted by Crippen LogP contribution is -2.30. The fourth-order valence-electron chi connectivity index (χ4n) is 1.73. The second-order valence-corrected chi connectivity index (χ2v) is 4.72. The summed E-state index contributed by atoms with van der Waals surface area (Å²) in [6.45, 7) is 2.06. The Bertz CT molecular complexity index is 564. The van der Waals surface area contributed by atoms with Crippen molar-refractivity contribution >= 4 is 23.3 Å². The Morgan fingerprint density at radius 1 is 1.42 bits per heavy atom. The topological polar surface area (TPSA) is 72.9 Å². The van der Waals surface area contributed by atoms with Gasteiger partial charge in [0.15, 0.2) is 0 Å². The minimum atomic E-state index is -0.120. The first-order valence-electron chi connectivity index (χ1n) is 5.88. The number of carbonyl (C=O) groups excluding carboxylic acids is 1. The number of carbonyl (C=O) groups is 1. The maximum Gasteiger partial charge on any atom is 0.242 e. The summed E-state index contributed by atoms with van der Waals surface area (Å²) < 4.78 is 1.50. The highest BCUT2D eigenvalue weighted by Crippen LogP contribution is 2.15. The molecule has 2 rings (SSSR count). The lowest BCUT2D eigenvalue weighted by molar-refractivity contribution is -0.122. The van der Waals surface area contributed by atoms with Gasteiger partial charge in [0.05, 0.1) is 6.04 Å². The predicted molar refractivity (Wildman–Crippen MR) is 74.6 cm³/mol. The minimum absolute atomic E-state index is 0.0855. The molecule has 0 fully saturated rings. The molecule has 3 N–H and O–H groups in total. The third-order valence-electron chi connectivity index (χ3n) is 2.71. The number of hydrogen-bond donors (Lipinski definition) is 2. The summed E-state index contributed by atoms with van der Waals surface area (Å²) >= 11 is 5.82. The van der Waals surface area contributed by atoms with Crippen molar-refractivity contribution in [2.24, 2.45) is 0 Å². The van der Waals surface area contributed by atoms with Crippen molar-refractivity contribution in [2.75, 3.05) is 5.73 Å². The van der Waals surface area contributed by atoms with E-state index in [0.717, 1.165) is 5.56 Å². The van der Waals surface area contributed by atoms with Crippen LogP contribution in [-0.4, -0.2) is 15.7 Å². The van der Waals surface area contributed by atoms with E-state index in [1.165, 1.54) is 4.68 Å². The van der Waals surface area contributed by atoms with Crippen LogP contribution >= 0.6 is 11.6 Å². The zero-order valence-electron chi connectivity index (χ0n) is 10.5. The van der Waals surface area contributed by atoms with Gasteiger partial charge >= 0.3 is 0 Å². The first-order chi connectivity index (χ1) is 9.04. The third-order valence-corrected chi connectivity index (χ3v) is 2.97. The van der Waals surface area contributed by atoms with Gasteiger partial charge in [-0.1, -0.05) is 23.7 Å². The van der Waals surface area contributed by atoms with Crippen molar-refractivity contribution < 1.29 is 4.79 Å². The van der Waals surface area contributed by atoms with E-state index in [1.807, 2.05) is 19.1 Å². The Kier molecular flexibility index (Phi) is 4.06. The average Bonchev–Trinajstić information content (AvgIpc) is 2.75. The van der Waals surface area contributed by atoms with Crippen LogP contribution in [0.5, 0.6) is 0 Å². The highest BCUT2D eigenvalue weighted by atomic mass is 35.5. The summed E-state index contributed by atoms with van der Waals surface area (Å²) in [6, 6.07) is 8.94. The maximum atomic E-state index is 11.8. The second kappa shape index (κ2) is 5.75. The molecular formula is C13H15ClN4O. The normalized spacial score (nSPS) is 12.1. The van der Waals surface area contributed by atoms with Crippen molar-refractivity contribution in [1.29, 1.82) is 0 Å². The molecule has 0 aliphatic heterocycles. The monoisotopic (exact) mass is 278 g/mol. The number of hydrogen-bond acceptors (Lipinski definition) is 3. The van der Waals surface area contributed by atoms with E-state index in [4.69, 9.17) is 17.3 Å². The molecule has 1 aromatic heterocycles. The van der Waals surface area contributed by atoms with Gasteiger partial charge in [-0.2, -0.15) is 5.10 Å². The van der Waals surface area contributed by atoms with Crippen molar-refractivity contribution in [3.8, 4) is 0 Å². The molecule has 1 aromatic carbocycles. The van der Waals surface area contributed by atoms with Gasteiger partial charge in [-0.15, -0.1) is 0 Å². The Labute approximate surface area is 116 Å². The zero-order valence-corrected chi connectivity index (χ0v) is 11.3. The van der Waals surface area contributed by atoms with E-state index >= 15 is 0 Å². The lowest BCUT2D eigenvalue weighted by Gasteiger charge is -2.14. The summed E-state index contributed by atoms with van der Waals surface area (Å²) in [6.07, 6.45) is 1.67. The second-order valence-electron chi connectivity index (χ2n) is 4.28. The van der Waals surface area contributed by atoms with Crippen LogP contribution in [-0.2, 0) is 11.3 Å². The Balaban J connectivity index is 1.93. The van der Waals surface area contributed by atoms with E-state index in [0.29, 0.717) is 10.8 Å². The van der Waals surface area contributed by atoms with Gasteiger partial charge in [-0.3, -0.25) is 9.48 Å². The molecule has 0 spiro atoms. The molecule has 1 amide bonds. The molecule has 0 bridgehead atoms. The van der Waals surface area contributed by atoms with E-state index in [-0.39, 0.29) is 18.5 Å². The van der Waals surface area contributed by atoms with E-state index in [9.17, 15) is 4.79 Å². The van der Waals surface area contributed by atoms with Gasteiger partial charge in [-0.25, -0.2) is 0 Å². The number of rotatable bonds is 4. The molecule has 1 heterocycles. The number of nitrogens with two attached hydrogens (primary N) is 1. The first-order valence-corrected chi connectivity index (χ1v) is 6.26. The highest BCUT2D eigenvalue weighted by Gasteiger charge is 2.10. The summed E-state index contributed by atoms with van der Waals surface area (Å²) in [5, 5.41) is 7.52. The van der Waals surface area contributed by atoms with Crippen LogP contribution in [0, 0.1) is 0 Å². The Morgan fingerprint density at radius 2 is 2.11 bits per heavy atom. The van der Waals surface area contributed by atoms with Gasteiger partial charge < -0.3 is 11.1 Å². The third kappa shape index (κ3) is 3.72. The van der Waals surface area contributed by atoms with Crippen LogP contribution in [0.4, 0.5) is 5.82 Å². The number of nitrogens with one attached hydrogen (secondary N) is 1. The van der Waals surface area contributed by atoms with E-state index in [2.05, 4.69) is 10.4 Å². The molecule has 0 aliphatic rings. The number of benzene rings is 1. The van der Waals surface area contributed by atoms with Gasteiger partial charge in [0, 0.05) is 11.2 Å². The molecule has 0 saturated heterocycles. The molecule has 100 valence electrons. The lowest BCUT2D eigenvalue weighted by atomic mass is 10.1. The maximum absolute atomic E-state index is 11.8. The first kappa shape index (κ1) is 13.4. The van der Waals surface area contributed by atoms with E-state index < -0.39 is 0 Å². The Morgan fingerprint density at radius 3 is 2.68 bits per heavy atom. The van der Waals surface area contributed by atoms with Crippen molar-refractivity contribution in [1.82, 2.24) is 15.1 Å². The molecule has 2 aromatic rings. The zero-order chi connectivity index (χ0) is 13.8. The quantitative estimate of drug-likeness (QED) is 0.898. The standard InChI is InChI=1S/C13H15ClN4O/c1-9(10-2-4-11(14)5-3-10)16-13(19)8-18-7-6-12(15)17-18/h2-7,9H,8H2,1H3,(H2,15,17)(H,16,19). The number of aromatic nitrogens is 2. The largest absolute Gasteiger partial charge is 0.382 e. The van der Waals surface area contributed by atoms with Crippen LogP contribution in [0.15, 0.2) is 36.5 Å². The van der Waals surface area contributed by atoms with Gasteiger partial charge in [0.1, 0.15) is 12.4 Å². The number of nitrogen functional groups attached to an aromatic ring is 1. The number of amides is 1. The molecule has 0 saturated carbocycles. The van der Waals surface area contributed by atoms with Gasteiger partial charge in [0.2, 0.25) is 5.91 Å². The summed E-state index contributed by atoms with van der Waals surface area (Å²) in [7, 11) is 0. The fraction of sp³-hybridized carbons (Fsp3) is 0.231. The summed E-state index contributed by atoms with van der Waals surface area (Å²) in [5.74, 6) is 0.282. The highest BCUT2D eigenvalue weighted by molar-refractivity contribution is 6.30. The van der Waals surface area contributed by atoms with Crippen LogP contribution in [0.2, 0.25) is 5.02 Å². The number of halogens is 1. The van der Waals surface area contributed by atoms with Crippen LogP contribution in [0.3, 0.4) is 0 Å². The molecular weight excluding hydrogens is 264 g/mol. The minimum Gasteiger partial charge on any atom is -0.382 e. The van der Waals surface area contributed by atoms with Crippen LogP contribution in [0.1, 0.15) is 18.5 Å². The summed E-state index contributed by atoms with van der Waals surface area (Å²) in [4.78, 5) is 11.8. The fourth-order valence-corrected chi connectivity index (χ4v) is 1.86. The predicted octanol–water partition coefficient (Wildman–Crippen LogP) is 2.00. The van der Waals surface area contributed by atoms with Crippen molar-refractivity contribution in [3.63, 3.8) is 0 Å². The average molecular weight is 279 g/mol. The van der Waals surface area contributed by atoms with Gasteiger partial charge in [-0.05, 0) is 30.7 Å². The van der Waals surface area contributed by atoms with Crippen molar-refractivity contribution in [2.45, 2.75) is 19.5 Å². The smallest absolute Gasteiger partial charge is 0.242 e. The SMILES string of the molecule is CC(NC(=O)Cn1ccc(N)n1)c1ccc(Cl)cc1. The van der Waals surface area contributed by atoms with Crippen molar-refractivity contribution in [3.05, 3.63) is 47.1 Å².